The Balaban J connectivity index is 0.000000171. The summed E-state index contributed by atoms with van der Waals surface area (Å²) >= 11 is 10.8. The molecule has 0 amide bonds. The minimum Gasteiger partial charge on any atom is -0.292 e. The van der Waals surface area contributed by atoms with Gasteiger partial charge in [0.1, 0.15) is 10.3 Å². The molecule has 0 saturated heterocycles. The van der Waals surface area contributed by atoms with E-state index in [0.717, 1.165) is 40.1 Å². The number of hydrogen-bond acceptors (Lipinski definition) is 4. The van der Waals surface area contributed by atoms with Crippen LogP contribution in [-0.4, -0.2) is 37.5 Å². The smallest absolute Gasteiger partial charge is 0.158 e. The Morgan fingerprint density at radius 1 is 0.256 bits per heavy atom. The first kappa shape index (κ1) is 56.8. The Morgan fingerprint density at radius 2 is 0.511 bits per heavy atom. The molecule has 1 aliphatic carbocycles. The maximum atomic E-state index is 5.44. The summed E-state index contributed by atoms with van der Waals surface area (Å²) in [5, 5.41) is 5.32. The predicted molar refractivity (Wildman–Crippen MR) is 381 cm³/mol. The summed E-state index contributed by atoms with van der Waals surface area (Å²) in [5.74, 6) is 1.53. The third-order valence-corrected chi connectivity index (χ3v) is 17.1. The zero-order valence-electron chi connectivity index (χ0n) is 48.2. The maximum absolute atomic E-state index is 5.44. The van der Waals surface area contributed by atoms with Crippen LogP contribution in [0.1, 0.15) is 11.1 Å². The standard InChI is InChI=1S/C52H34N4.C25H18.C4H2Cl2N2.BH4/c1-5-13-35(14-6-1)39-21-25-47-43(29-39)44-30-40(36-15-7-2-8-16-36)22-26-48(44)55(47)51-33-53-34-52(54-51)56-49-27-23-41(37-17-9-3-10-18-37)31-45(49)46-32-42(24-28-50(46)56)38-19-11-4-12-20-38;1-3-7-18(8-4-1)20-11-13-22-15-23-14-12-21(17-25(23)24(22)16-20)19-9-5-2-6-10-19;5-3-1-7-2-4(6)8-3;/h1-34H;1-14,16-17H,15H2;1-2H;1H4/q;;;-1. The van der Waals surface area contributed by atoms with Gasteiger partial charge in [-0.25, -0.2) is 9.97 Å². The number of nitrogens with zero attached hydrogens (tertiary/aromatic N) is 6. The molecular weight excluding hydrogens is 1140 g/mol. The molecular formula is C81H58BCl2N6-. The van der Waals surface area contributed by atoms with Crippen LogP contribution >= 0.6 is 23.2 Å². The molecule has 0 atom stereocenters. The van der Waals surface area contributed by atoms with E-state index in [4.69, 9.17) is 33.2 Å². The monoisotopic (exact) mass is 1200 g/mol. The fraction of sp³-hybridized carbons (Fsp3) is 0.0123. The van der Waals surface area contributed by atoms with E-state index in [2.05, 4.69) is 310 Å². The lowest BCUT2D eigenvalue weighted by molar-refractivity contribution is 0.979. The van der Waals surface area contributed by atoms with Gasteiger partial charge in [0.15, 0.2) is 11.6 Å². The highest BCUT2D eigenvalue weighted by Gasteiger charge is 2.22. The number of benzene rings is 12. The predicted octanol–water partition coefficient (Wildman–Crippen LogP) is 20.3. The first-order valence-electron chi connectivity index (χ1n) is 29.7. The van der Waals surface area contributed by atoms with Crippen molar-refractivity contribution in [3.05, 3.63) is 337 Å². The van der Waals surface area contributed by atoms with Crippen molar-refractivity contribution in [3.8, 4) is 89.5 Å². The van der Waals surface area contributed by atoms with Crippen molar-refractivity contribution < 1.29 is 0 Å². The maximum Gasteiger partial charge on any atom is 0.158 e. The largest absolute Gasteiger partial charge is 0.292 e. The van der Waals surface area contributed by atoms with E-state index in [1.54, 1.807) is 0 Å². The van der Waals surface area contributed by atoms with Gasteiger partial charge in [-0.05, 0) is 156 Å². The Bertz CT molecular complexity index is 4720. The summed E-state index contributed by atoms with van der Waals surface area (Å²) in [6.07, 6.45) is 7.65. The van der Waals surface area contributed by atoms with Crippen LogP contribution in [0.2, 0.25) is 10.3 Å². The third-order valence-electron chi connectivity index (χ3n) is 16.7. The highest BCUT2D eigenvalue weighted by molar-refractivity contribution is 6.32. The zero-order chi connectivity index (χ0) is 59.6. The molecule has 0 N–H and O–H groups in total. The molecule has 0 radical (unpaired) electrons. The minimum absolute atomic E-state index is 0. The van der Waals surface area contributed by atoms with Crippen molar-refractivity contribution in [2.24, 2.45) is 0 Å². The molecule has 1 aliphatic rings. The Kier molecular flexibility index (Phi) is 15.8. The molecule has 16 aromatic rings. The lowest BCUT2D eigenvalue weighted by atomic mass is 9.96. The molecule has 17 rings (SSSR count). The van der Waals surface area contributed by atoms with E-state index in [-0.39, 0.29) is 8.41 Å². The van der Waals surface area contributed by atoms with Crippen LogP contribution in [0, 0.1) is 0 Å². The van der Waals surface area contributed by atoms with E-state index >= 15 is 0 Å². The van der Waals surface area contributed by atoms with Crippen molar-refractivity contribution in [1.82, 2.24) is 29.1 Å². The summed E-state index contributed by atoms with van der Waals surface area (Å²) < 4.78 is 4.53. The van der Waals surface area contributed by atoms with E-state index in [1.807, 2.05) is 12.4 Å². The second kappa shape index (κ2) is 25.0. The molecule has 0 spiro atoms. The molecule has 4 aromatic heterocycles. The fourth-order valence-corrected chi connectivity index (χ4v) is 12.8. The van der Waals surface area contributed by atoms with E-state index in [0.29, 0.717) is 10.3 Å². The van der Waals surface area contributed by atoms with Crippen LogP contribution in [0.5, 0.6) is 0 Å². The van der Waals surface area contributed by atoms with Gasteiger partial charge in [0.2, 0.25) is 0 Å². The van der Waals surface area contributed by atoms with Gasteiger partial charge in [0.05, 0.1) is 46.9 Å². The summed E-state index contributed by atoms with van der Waals surface area (Å²) in [5.41, 5.74) is 24.6. The van der Waals surface area contributed by atoms with Crippen molar-refractivity contribution in [2.75, 3.05) is 0 Å². The van der Waals surface area contributed by atoms with Crippen molar-refractivity contribution in [1.29, 1.82) is 0 Å². The van der Waals surface area contributed by atoms with E-state index in [9.17, 15) is 0 Å². The van der Waals surface area contributed by atoms with Crippen molar-refractivity contribution in [2.45, 2.75) is 6.42 Å². The second-order valence-corrected chi connectivity index (χ2v) is 22.9. The SMILES string of the molecule is Clc1cncc(Cl)n1.[BH4-].c1ccc(-c2ccc3c(c2)-c2cc(-c4ccccc4)ccc2C3)cc1.c1ccc(-c2ccc3c(c2)c2cc(-c4ccccc4)ccc2n3-c2cncc(-n3c4ccc(-c5ccccc5)cc4c4cc(-c5ccccc5)ccc43)n2)cc1. The Morgan fingerprint density at radius 3 is 0.778 bits per heavy atom. The van der Waals surface area contributed by atoms with Crippen LogP contribution in [0.3, 0.4) is 0 Å². The summed E-state index contributed by atoms with van der Waals surface area (Å²) in [4.78, 5) is 17.6. The third kappa shape index (κ3) is 11.2. The Labute approximate surface area is 534 Å². The lowest BCUT2D eigenvalue weighted by Crippen LogP contribution is -2.04. The first-order valence-corrected chi connectivity index (χ1v) is 30.4. The van der Waals surface area contributed by atoms with Crippen molar-refractivity contribution in [3.63, 3.8) is 0 Å². The fourth-order valence-electron chi connectivity index (χ4n) is 12.5. The van der Waals surface area contributed by atoms with Gasteiger partial charge < -0.3 is 0 Å². The molecule has 4 heterocycles. The minimum atomic E-state index is 0. The number of fused-ring (bicyclic) bond motifs is 9. The van der Waals surface area contributed by atoms with Gasteiger partial charge in [-0.1, -0.05) is 262 Å². The molecule has 0 saturated carbocycles. The quantitative estimate of drug-likeness (QED) is 0.142. The molecule has 6 nitrogen and oxygen atoms in total. The van der Waals surface area contributed by atoms with Crippen LogP contribution in [-0.2, 0) is 6.42 Å². The van der Waals surface area contributed by atoms with Crippen LogP contribution in [0.15, 0.2) is 316 Å². The molecule has 0 aliphatic heterocycles. The van der Waals surface area contributed by atoms with Gasteiger partial charge in [-0.15, -0.1) is 0 Å². The summed E-state index contributed by atoms with van der Waals surface area (Å²) in [6, 6.07) is 104. The second-order valence-electron chi connectivity index (χ2n) is 22.1. The lowest BCUT2D eigenvalue weighted by Gasteiger charge is -2.12. The van der Waals surface area contributed by atoms with E-state index in [1.165, 1.54) is 123 Å². The van der Waals surface area contributed by atoms with Crippen molar-refractivity contribution >= 4 is 75.2 Å². The van der Waals surface area contributed by atoms with E-state index < -0.39 is 0 Å². The summed E-state index contributed by atoms with van der Waals surface area (Å²) in [7, 11) is 0. The number of halogens is 2. The molecule has 90 heavy (non-hydrogen) atoms. The summed E-state index contributed by atoms with van der Waals surface area (Å²) in [6.45, 7) is 0. The average Bonchev–Trinajstić information content (AvgIpc) is 1.63. The average molecular weight is 1200 g/mol. The molecule has 0 fully saturated rings. The Hall–Kier alpha value is -11.0. The van der Waals surface area contributed by atoms with Crippen LogP contribution in [0.25, 0.3) is 133 Å². The normalized spacial score (nSPS) is 11.3. The van der Waals surface area contributed by atoms with Gasteiger partial charge in [0, 0.05) is 21.5 Å². The first-order chi connectivity index (χ1) is 43.9. The van der Waals surface area contributed by atoms with Gasteiger partial charge >= 0.3 is 0 Å². The zero-order valence-corrected chi connectivity index (χ0v) is 49.7. The van der Waals surface area contributed by atoms with Crippen LogP contribution in [0.4, 0.5) is 0 Å². The molecule has 12 aromatic carbocycles. The topological polar surface area (TPSA) is 61.4 Å². The molecule has 430 valence electrons. The van der Waals surface area contributed by atoms with Crippen LogP contribution < -0.4 is 0 Å². The molecule has 0 unspecified atom stereocenters. The van der Waals surface area contributed by atoms with Gasteiger partial charge in [-0.3, -0.25) is 19.1 Å². The number of aromatic nitrogens is 6. The molecule has 0 bridgehead atoms. The number of hydrogen-bond donors (Lipinski definition) is 0. The highest BCUT2D eigenvalue weighted by atomic mass is 35.5. The molecule has 9 heteroatoms. The number of rotatable bonds is 8. The van der Waals surface area contributed by atoms with Gasteiger partial charge in [-0.2, -0.15) is 0 Å². The van der Waals surface area contributed by atoms with Gasteiger partial charge in [0.25, 0.3) is 0 Å². The highest BCUT2D eigenvalue weighted by Crippen LogP contribution is 2.43.